The van der Waals surface area contributed by atoms with Crippen molar-refractivity contribution >= 4 is 21.5 Å². The first-order valence-corrected chi connectivity index (χ1v) is 11.5. The maximum atomic E-state index is 12.5. The molecule has 1 saturated heterocycles. The molecule has 0 atom stereocenters. The second kappa shape index (κ2) is 7.46. The number of sulfonamides is 1. The second-order valence-corrected chi connectivity index (χ2v) is 10.5. The third-order valence-corrected chi connectivity index (χ3v) is 7.71. The van der Waals surface area contributed by atoms with Crippen molar-refractivity contribution in [3.8, 4) is 11.5 Å². The molecular weight excluding hydrogens is 386 g/mol. The summed E-state index contributed by atoms with van der Waals surface area (Å²) in [4.78, 5) is 7.13. The van der Waals surface area contributed by atoms with Crippen molar-refractivity contribution in [2.45, 2.75) is 32.9 Å². The van der Waals surface area contributed by atoms with Crippen LogP contribution in [-0.4, -0.2) is 54.9 Å². The molecule has 0 radical (unpaired) electrons. The highest BCUT2D eigenvalue weighted by atomic mass is 32.2. The van der Waals surface area contributed by atoms with Gasteiger partial charge in [-0.15, -0.1) is 0 Å². The Hall–Kier alpha value is -2.38. The molecule has 2 aliphatic rings. The Bertz CT molecular complexity index is 1070. The minimum absolute atomic E-state index is 0.406. The van der Waals surface area contributed by atoms with Crippen LogP contribution in [-0.2, 0) is 10.0 Å². The van der Waals surface area contributed by atoms with Gasteiger partial charge in [0.05, 0.1) is 10.8 Å². The zero-order chi connectivity index (χ0) is 20.8. The summed E-state index contributed by atoms with van der Waals surface area (Å²) in [6.07, 6.45) is 0. The molecule has 29 heavy (non-hydrogen) atoms. The van der Waals surface area contributed by atoms with Crippen LogP contribution in [0.3, 0.4) is 0 Å². The van der Waals surface area contributed by atoms with E-state index in [0.29, 0.717) is 26.2 Å². The third kappa shape index (κ3) is 3.76. The van der Waals surface area contributed by atoms with Crippen LogP contribution in [0, 0.1) is 13.8 Å². The number of hydrogen-bond donors (Lipinski definition) is 0. The van der Waals surface area contributed by atoms with E-state index in [1.165, 1.54) is 0 Å². The van der Waals surface area contributed by atoms with Gasteiger partial charge in [0.25, 0.3) is 0 Å². The van der Waals surface area contributed by atoms with Crippen molar-refractivity contribution in [3.63, 3.8) is 0 Å². The quantitative estimate of drug-likeness (QED) is 0.750. The maximum absolute atomic E-state index is 12.5. The molecule has 0 bridgehead atoms. The lowest BCUT2D eigenvalue weighted by Crippen LogP contribution is -2.52. The summed E-state index contributed by atoms with van der Waals surface area (Å²) in [5.41, 5.74) is 3.97. The molecule has 154 valence electrons. The van der Waals surface area contributed by atoms with Crippen molar-refractivity contribution in [2.75, 3.05) is 26.2 Å². The summed E-state index contributed by atoms with van der Waals surface area (Å²) in [6.45, 7) is 9.65. The van der Waals surface area contributed by atoms with E-state index < -0.39 is 15.3 Å². The molecule has 4 rings (SSSR count). The number of hydrogen-bond acceptors (Lipinski definition) is 5. The smallest absolute Gasteiger partial charge is 0.216 e. The number of aryl methyl sites for hydroxylation is 2. The number of nitrogens with zero attached hydrogens (tertiary/aromatic N) is 3. The summed E-state index contributed by atoms with van der Waals surface area (Å²) in [7, 11) is -3.24. The van der Waals surface area contributed by atoms with E-state index in [9.17, 15) is 8.42 Å². The van der Waals surface area contributed by atoms with E-state index in [1.807, 2.05) is 44.2 Å². The predicted molar refractivity (Wildman–Crippen MR) is 116 cm³/mol. The summed E-state index contributed by atoms with van der Waals surface area (Å²) >= 11 is 0. The van der Waals surface area contributed by atoms with E-state index in [4.69, 9.17) is 9.73 Å². The van der Waals surface area contributed by atoms with E-state index in [2.05, 4.69) is 11.0 Å². The third-order valence-electron chi connectivity index (χ3n) is 5.43. The number of aliphatic imine (C=N–C) groups is 1. The molecule has 2 heterocycles. The first-order valence-electron chi connectivity index (χ1n) is 9.98. The number of fused-ring (bicyclic) bond motifs is 2. The Morgan fingerprint density at radius 1 is 0.931 bits per heavy atom. The van der Waals surface area contributed by atoms with Gasteiger partial charge in [-0.2, -0.15) is 4.31 Å². The van der Waals surface area contributed by atoms with Gasteiger partial charge in [0.15, 0.2) is 5.75 Å². The molecule has 6 nitrogen and oxygen atoms in total. The van der Waals surface area contributed by atoms with Crippen molar-refractivity contribution in [3.05, 3.63) is 53.1 Å². The predicted octanol–water partition coefficient (Wildman–Crippen LogP) is 3.84. The van der Waals surface area contributed by atoms with E-state index in [-0.39, 0.29) is 0 Å². The topological polar surface area (TPSA) is 62.2 Å². The van der Waals surface area contributed by atoms with Crippen molar-refractivity contribution < 1.29 is 13.2 Å². The summed E-state index contributed by atoms with van der Waals surface area (Å²) < 4.78 is 32.9. The Balaban J connectivity index is 1.71. The molecule has 2 aliphatic heterocycles. The standard InChI is InChI=1S/C22H27N3O3S/c1-15(2)29(26,27)25-11-9-24(10-12-25)22-18-13-16(3)6-8-20(18)28-21-14-17(4)5-7-19(21)23-22/h5-8,13-15H,9-12H2,1-4H3. The molecule has 0 spiro atoms. The number of rotatable bonds is 2. The summed E-state index contributed by atoms with van der Waals surface area (Å²) in [6, 6.07) is 12.1. The van der Waals surface area contributed by atoms with E-state index in [0.717, 1.165) is 39.7 Å². The molecule has 0 saturated carbocycles. The molecule has 0 amide bonds. The van der Waals surface area contributed by atoms with Crippen LogP contribution < -0.4 is 4.74 Å². The van der Waals surface area contributed by atoms with Gasteiger partial charge in [0.2, 0.25) is 10.0 Å². The van der Waals surface area contributed by atoms with Crippen LogP contribution in [0.1, 0.15) is 30.5 Å². The zero-order valence-corrected chi connectivity index (χ0v) is 18.2. The van der Waals surface area contributed by atoms with Crippen LogP contribution in [0.4, 0.5) is 5.69 Å². The van der Waals surface area contributed by atoms with Gasteiger partial charge in [0, 0.05) is 26.2 Å². The van der Waals surface area contributed by atoms with Gasteiger partial charge < -0.3 is 9.64 Å². The molecule has 2 aromatic rings. The summed E-state index contributed by atoms with van der Waals surface area (Å²) in [5, 5.41) is -0.406. The average molecular weight is 414 g/mol. The number of piperazine rings is 1. The normalized spacial score (nSPS) is 17.3. The highest BCUT2D eigenvalue weighted by molar-refractivity contribution is 7.89. The van der Waals surface area contributed by atoms with Crippen LogP contribution in [0.15, 0.2) is 41.4 Å². The lowest BCUT2D eigenvalue weighted by atomic mass is 10.1. The largest absolute Gasteiger partial charge is 0.454 e. The van der Waals surface area contributed by atoms with Crippen LogP contribution in [0.2, 0.25) is 0 Å². The van der Waals surface area contributed by atoms with Gasteiger partial charge in [-0.1, -0.05) is 17.7 Å². The zero-order valence-electron chi connectivity index (χ0n) is 17.3. The average Bonchev–Trinajstić information content (AvgIpc) is 2.84. The van der Waals surface area contributed by atoms with Gasteiger partial charge in [-0.25, -0.2) is 13.4 Å². The highest BCUT2D eigenvalue weighted by Gasteiger charge is 2.32. The van der Waals surface area contributed by atoms with Crippen molar-refractivity contribution in [2.24, 2.45) is 4.99 Å². The fourth-order valence-electron chi connectivity index (χ4n) is 3.69. The molecule has 0 aliphatic carbocycles. The van der Waals surface area contributed by atoms with Gasteiger partial charge in [-0.05, 0) is 57.5 Å². The highest BCUT2D eigenvalue weighted by Crippen LogP contribution is 2.39. The monoisotopic (exact) mass is 413 g/mol. The van der Waals surface area contributed by atoms with Gasteiger partial charge in [-0.3, -0.25) is 0 Å². The fraction of sp³-hybridized carbons (Fsp3) is 0.409. The van der Waals surface area contributed by atoms with Crippen LogP contribution in [0.25, 0.3) is 0 Å². The van der Waals surface area contributed by atoms with Gasteiger partial charge >= 0.3 is 0 Å². The van der Waals surface area contributed by atoms with Crippen molar-refractivity contribution in [1.82, 2.24) is 9.21 Å². The first kappa shape index (κ1) is 19.9. The van der Waals surface area contributed by atoms with E-state index in [1.54, 1.807) is 18.2 Å². The number of benzene rings is 2. The Morgan fingerprint density at radius 3 is 2.28 bits per heavy atom. The molecule has 2 aromatic carbocycles. The fourth-order valence-corrected chi connectivity index (χ4v) is 4.96. The second-order valence-electron chi connectivity index (χ2n) is 7.99. The number of amidine groups is 1. The Kier molecular flexibility index (Phi) is 5.12. The molecule has 7 heteroatoms. The molecule has 0 N–H and O–H groups in total. The van der Waals surface area contributed by atoms with Crippen LogP contribution in [0.5, 0.6) is 11.5 Å². The van der Waals surface area contributed by atoms with Crippen LogP contribution >= 0.6 is 0 Å². The SMILES string of the molecule is Cc1ccc2c(c1)Oc1ccc(C)cc1C(N1CCN(S(=O)(=O)C(C)C)CC1)=N2. The molecular formula is C22H27N3O3S. The minimum Gasteiger partial charge on any atom is -0.454 e. The lowest BCUT2D eigenvalue weighted by molar-refractivity contribution is 0.265. The molecule has 0 aromatic heterocycles. The number of ether oxygens (including phenoxy) is 1. The van der Waals surface area contributed by atoms with E-state index >= 15 is 0 Å². The molecule has 1 fully saturated rings. The lowest BCUT2D eigenvalue weighted by Gasteiger charge is -2.36. The van der Waals surface area contributed by atoms with Crippen molar-refractivity contribution in [1.29, 1.82) is 0 Å². The first-order chi connectivity index (χ1) is 13.8. The summed E-state index contributed by atoms with van der Waals surface area (Å²) in [5.74, 6) is 2.36. The Labute approximate surface area is 172 Å². The van der Waals surface area contributed by atoms with Gasteiger partial charge in [0.1, 0.15) is 17.3 Å². The Morgan fingerprint density at radius 2 is 1.59 bits per heavy atom. The minimum atomic E-state index is -3.24. The maximum Gasteiger partial charge on any atom is 0.216 e. The molecule has 0 unspecified atom stereocenters.